The zero-order chi connectivity index (χ0) is 20.5. The topological polar surface area (TPSA) is 126 Å². The summed E-state index contributed by atoms with van der Waals surface area (Å²) >= 11 is 0. The number of nitrogens with one attached hydrogen (secondary N) is 2. The summed E-state index contributed by atoms with van der Waals surface area (Å²) in [5, 5.41) is 23.4. The van der Waals surface area contributed by atoms with Crippen LogP contribution in [0.15, 0.2) is 48.5 Å². The summed E-state index contributed by atoms with van der Waals surface area (Å²) in [5.41, 5.74) is 6.27. The van der Waals surface area contributed by atoms with Crippen LogP contribution in [-0.2, 0) is 9.59 Å². The molecule has 4 rings (SSSR count). The Hall–Kier alpha value is -3.61. The van der Waals surface area contributed by atoms with Crippen LogP contribution >= 0.6 is 0 Å². The van der Waals surface area contributed by atoms with Crippen molar-refractivity contribution in [1.82, 2.24) is 5.32 Å². The molecule has 0 bridgehead atoms. The summed E-state index contributed by atoms with van der Waals surface area (Å²) in [5.74, 6) is -0.961. The van der Waals surface area contributed by atoms with Gasteiger partial charge in [0.2, 0.25) is 5.91 Å². The highest BCUT2D eigenvalue weighted by atomic mass is 16.5. The fourth-order valence-electron chi connectivity index (χ4n) is 3.83. The molecule has 7 nitrogen and oxygen atoms in total. The number of carboxylic acids is 1. The first-order valence-electron chi connectivity index (χ1n) is 9.36. The molecule has 1 saturated heterocycles. The number of carboxylic acid groups (broad SMARTS) is 1. The Balaban J connectivity index is 1.50. The third kappa shape index (κ3) is 3.85. The van der Waals surface area contributed by atoms with Gasteiger partial charge in [-0.2, -0.15) is 0 Å². The van der Waals surface area contributed by atoms with E-state index in [1.165, 1.54) is 0 Å². The molecular formula is C22H21N3O4. The van der Waals surface area contributed by atoms with E-state index in [-0.39, 0.29) is 24.2 Å². The number of aliphatic carboxylic acids is 1. The summed E-state index contributed by atoms with van der Waals surface area (Å²) in [4.78, 5) is 22.7. The predicted octanol–water partition coefficient (Wildman–Crippen LogP) is 2.64. The molecule has 29 heavy (non-hydrogen) atoms. The van der Waals surface area contributed by atoms with Crippen molar-refractivity contribution in [3.63, 3.8) is 0 Å². The minimum atomic E-state index is -0.969. The second-order valence-corrected chi connectivity index (χ2v) is 7.35. The molecule has 0 aromatic heterocycles. The van der Waals surface area contributed by atoms with Gasteiger partial charge in [-0.3, -0.25) is 15.0 Å². The maximum absolute atomic E-state index is 11.8. The quantitative estimate of drug-likeness (QED) is 0.292. The molecule has 2 atom stereocenters. The first-order chi connectivity index (χ1) is 13.9. The maximum Gasteiger partial charge on any atom is 0.304 e. The van der Waals surface area contributed by atoms with Gasteiger partial charge in [0.05, 0.1) is 18.4 Å². The maximum atomic E-state index is 11.8. The van der Waals surface area contributed by atoms with Crippen LogP contribution in [0.25, 0.3) is 21.5 Å². The van der Waals surface area contributed by atoms with E-state index in [9.17, 15) is 9.59 Å². The van der Waals surface area contributed by atoms with Gasteiger partial charge in [0.25, 0.3) is 0 Å². The van der Waals surface area contributed by atoms with Crippen molar-refractivity contribution < 1.29 is 19.4 Å². The highest BCUT2D eigenvalue weighted by molar-refractivity contribution is 6.10. The molecule has 0 aliphatic carbocycles. The minimum Gasteiger partial charge on any atom is -0.491 e. The third-order valence-corrected chi connectivity index (χ3v) is 5.28. The lowest BCUT2D eigenvalue weighted by Gasteiger charge is -2.13. The van der Waals surface area contributed by atoms with Crippen molar-refractivity contribution in [3.8, 4) is 5.75 Å². The van der Waals surface area contributed by atoms with Crippen LogP contribution in [-0.4, -0.2) is 35.5 Å². The van der Waals surface area contributed by atoms with E-state index in [1.54, 1.807) is 0 Å². The summed E-state index contributed by atoms with van der Waals surface area (Å²) in [7, 11) is 0. The molecule has 148 valence electrons. The van der Waals surface area contributed by atoms with Gasteiger partial charge in [-0.25, -0.2) is 0 Å². The second-order valence-electron chi connectivity index (χ2n) is 7.35. The van der Waals surface area contributed by atoms with Crippen LogP contribution in [0.3, 0.4) is 0 Å². The Bertz CT molecular complexity index is 1140. The molecule has 1 heterocycles. The number of hydrogen-bond acceptors (Lipinski definition) is 4. The van der Waals surface area contributed by atoms with E-state index < -0.39 is 11.9 Å². The molecule has 1 aliphatic heterocycles. The van der Waals surface area contributed by atoms with Crippen LogP contribution in [0, 0.1) is 11.3 Å². The van der Waals surface area contributed by atoms with E-state index in [0.717, 1.165) is 21.5 Å². The number of rotatable bonds is 6. The van der Waals surface area contributed by atoms with Gasteiger partial charge in [-0.15, -0.1) is 0 Å². The Kier molecular flexibility index (Phi) is 4.80. The van der Waals surface area contributed by atoms with Gasteiger partial charge in [0.1, 0.15) is 18.2 Å². The second kappa shape index (κ2) is 7.43. The zero-order valence-corrected chi connectivity index (χ0v) is 15.6. The van der Waals surface area contributed by atoms with Crippen LogP contribution in [0.2, 0.25) is 0 Å². The number of hydrogen-bond donors (Lipinski definition) is 4. The Morgan fingerprint density at radius 1 is 1.14 bits per heavy atom. The van der Waals surface area contributed by atoms with Gasteiger partial charge in [-0.05, 0) is 46.2 Å². The van der Waals surface area contributed by atoms with E-state index in [0.29, 0.717) is 24.3 Å². The lowest BCUT2D eigenvalue weighted by Crippen LogP contribution is -2.31. The lowest BCUT2D eigenvalue weighted by molar-refractivity contribution is -0.140. The van der Waals surface area contributed by atoms with Crippen molar-refractivity contribution >= 4 is 39.3 Å². The van der Waals surface area contributed by atoms with E-state index in [1.807, 2.05) is 48.5 Å². The van der Waals surface area contributed by atoms with Crippen LogP contribution in [0.1, 0.15) is 18.4 Å². The molecule has 0 saturated carbocycles. The lowest BCUT2D eigenvalue weighted by atomic mass is 9.99. The molecule has 7 heteroatoms. The number of carbonyl (C=O) groups excluding carboxylic acids is 1. The summed E-state index contributed by atoms with van der Waals surface area (Å²) in [6.45, 7) is 0.295. The number of carbonyl (C=O) groups is 2. The fraction of sp³-hybridized carbons (Fsp3) is 0.227. The Morgan fingerprint density at radius 2 is 1.83 bits per heavy atom. The van der Waals surface area contributed by atoms with Crippen molar-refractivity contribution in [2.24, 2.45) is 11.7 Å². The third-order valence-electron chi connectivity index (χ3n) is 5.28. The number of amides is 1. The number of ether oxygens (including phenoxy) is 1. The number of nitrogen functional groups attached to an aromatic ring is 1. The molecule has 3 aromatic rings. The fourth-order valence-corrected chi connectivity index (χ4v) is 3.83. The van der Waals surface area contributed by atoms with E-state index >= 15 is 0 Å². The first-order valence-corrected chi connectivity index (χ1v) is 9.36. The average Bonchev–Trinajstić information content (AvgIpc) is 3.04. The normalized spacial score (nSPS) is 18.7. The number of fused-ring (bicyclic) bond motifs is 3. The summed E-state index contributed by atoms with van der Waals surface area (Å²) in [6, 6.07) is 15.3. The largest absolute Gasteiger partial charge is 0.491 e. The SMILES string of the molecule is N=C(N)c1ccc2c(ccc3cc(OC[C@@H]4C[C@@H](CC(=O)O)C(=O)N4)ccc32)c1. The molecule has 1 fully saturated rings. The van der Waals surface area contributed by atoms with Crippen molar-refractivity contribution in [1.29, 1.82) is 5.41 Å². The monoisotopic (exact) mass is 391 g/mol. The number of benzene rings is 3. The molecule has 0 radical (unpaired) electrons. The van der Waals surface area contributed by atoms with Crippen molar-refractivity contribution in [2.45, 2.75) is 18.9 Å². The van der Waals surface area contributed by atoms with Gasteiger partial charge >= 0.3 is 5.97 Å². The summed E-state index contributed by atoms with van der Waals surface area (Å²) < 4.78 is 5.86. The Labute approximate surface area is 167 Å². The molecule has 0 unspecified atom stereocenters. The van der Waals surface area contributed by atoms with E-state index in [4.69, 9.17) is 21.0 Å². The highest BCUT2D eigenvalue weighted by Crippen LogP contribution is 2.29. The van der Waals surface area contributed by atoms with Gasteiger partial charge in [-0.1, -0.05) is 30.3 Å². The van der Waals surface area contributed by atoms with Crippen LogP contribution in [0.4, 0.5) is 0 Å². The summed E-state index contributed by atoms with van der Waals surface area (Å²) in [6.07, 6.45) is 0.304. The molecule has 1 amide bonds. The van der Waals surface area contributed by atoms with Crippen molar-refractivity contribution in [2.75, 3.05) is 6.61 Å². The minimum absolute atomic E-state index is 0.0420. The van der Waals surface area contributed by atoms with Gasteiger partial charge in [0.15, 0.2) is 0 Å². The average molecular weight is 391 g/mol. The highest BCUT2D eigenvalue weighted by Gasteiger charge is 2.33. The smallest absolute Gasteiger partial charge is 0.304 e. The van der Waals surface area contributed by atoms with Gasteiger partial charge in [0, 0.05) is 5.56 Å². The van der Waals surface area contributed by atoms with Crippen molar-refractivity contribution in [3.05, 3.63) is 54.1 Å². The first kappa shape index (κ1) is 18.7. The Morgan fingerprint density at radius 3 is 2.52 bits per heavy atom. The number of nitrogens with two attached hydrogens (primary N) is 1. The molecule has 3 aromatic carbocycles. The molecular weight excluding hydrogens is 370 g/mol. The zero-order valence-electron chi connectivity index (χ0n) is 15.6. The van der Waals surface area contributed by atoms with Crippen LogP contribution < -0.4 is 15.8 Å². The molecule has 5 N–H and O–H groups in total. The molecule has 0 spiro atoms. The number of amidine groups is 1. The van der Waals surface area contributed by atoms with E-state index in [2.05, 4.69) is 5.32 Å². The standard InChI is InChI=1S/C22H21N3O4/c23-21(24)14-3-5-18-12(7-14)1-2-13-9-17(4-6-19(13)18)29-11-16-8-15(10-20(26)27)22(28)25-16/h1-7,9,15-16H,8,10-11H2,(H3,23,24)(H,25,28)(H,26,27)/t15-,16-/m0/s1. The van der Waals surface area contributed by atoms with Gasteiger partial charge < -0.3 is 20.9 Å². The predicted molar refractivity (Wildman–Crippen MR) is 110 cm³/mol. The molecule has 1 aliphatic rings. The van der Waals surface area contributed by atoms with Crippen LogP contribution in [0.5, 0.6) is 5.75 Å².